The highest BCUT2D eigenvalue weighted by atomic mass is 16.2. The third-order valence-corrected chi connectivity index (χ3v) is 4.70. The van der Waals surface area contributed by atoms with Crippen LogP contribution < -0.4 is 11.1 Å². The fourth-order valence-electron chi connectivity index (χ4n) is 3.08. The lowest BCUT2D eigenvalue weighted by Crippen LogP contribution is -2.42. The summed E-state index contributed by atoms with van der Waals surface area (Å²) in [6, 6.07) is 9.74. The van der Waals surface area contributed by atoms with E-state index >= 15 is 0 Å². The van der Waals surface area contributed by atoms with E-state index in [9.17, 15) is 4.79 Å². The molecule has 1 aliphatic carbocycles. The van der Waals surface area contributed by atoms with Gasteiger partial charge in [0.15, 0.2) is 5.69 Å². The Balaban J connectivity index is 1.62. The molecule has 25 heavy (non-hydrogen) atoms. The van der Waals surface area contributed by atoms with Gasteiger partial charge in [-0.15, -0.1) is 5.10 Å². The molecule has 1 aromatic carbocycles. The van der Waals surface area contributed by atoms with E-state index in [-0.39, 0.29) is 11.9 Å². The summed E-state index contributed by atoms with van der Waals surface area (Å²) in [5.41, 5.74) is 8.57. The van der Waals surface area contributed by atoms with Crippen LogP contribution in [0.2, 0.25) is 0 Å². The van der Waals surface area contributed by atoms with E-state index in [1.807, 2.05) is 37.3 Å². The summed E-state index contributed by atoms with van der Waals surface area (Å²) in [7, 11) is 0. The minimum atomic E-state index is -0.214. The Hall–Kier alpha value is -2.80. The van der Waals surface area contributed by atoms with Crippen LogP contribution in [0.4, 0.5) is 0 Å². The monoisotopic (exact) mass is 336 g/mol. The molecule has 0 radical (unpaired) electrons. The van der Waals surface area contributed by atoms with E-state index in [2.05, 4.69) is 20.6 Å². The van der Waals surface area contributed by atoms with Crippen LogP contribution in [0.3, 0.4) is 0 Å². The van der Waals surface area contributed by atoms with Crippen molar-refractivity contribution in [3.05, 3.63) is 47.9 Å². The zero-order valence-electron chi connectivity index (χ0n) is 14.0. The Morgan fingerprint density at radius 3 is 3.00 bits per heavy atom. The Morgan fingerprint density at radius 1 is 1.40 bits per heavy atom. The molecule has 4 rings (SSSR count). The lowest BCUT2D eigenvalue weighted by atomic mass is 10.1. The zero-order valence-corrected chi connectivity index (χ0v) is 14.0. The van der Waals surface area contributed by atoms with E-state index in [0.717, 1.165) is 29.4 Å². The molecule has 3 N–H and O–H groups in total. The molecule has 2 aromatic heterocycles. The van der Waals surface area contributed by atoms with Crippen LogP contribution in [0.5, 0.6) is 0 Å². The van der Waals surface area contributed by atoms with Gasteiger partial charge in [0.05, 0.1) is 16.9 Å². The molecule has 0 saturated heterocycles. The quantitative estimate of drug-likeness (QED) is 0.737. The summed E-state index contributed by atoms with van der Waals surface area (Å²) in [6.45, 7) is 2.29. The lowest BCUT2D eigenvalue weighted by molar-refractivity contribution is 0.0927. The third-order valence-electron chi connectivity index (χ3n) is 4.70. The largest absolute Gasteiger partial charge is 0.346 e. The molecular weight excluding hydrogens is 316 g/mol. The summed E-state index contributed by atoms with van der Waals surface area (Å²) in [6.07, 6.45) is 4.01. The van der Waals surface area contributed by atoms with Gasteiger partial charge in [0.1, 0.15) is 0 Å². The highest BCUT2D eigenvalue weighted by Crippen LogP contribution is 2.32. The average molecular weight is 336 g/mol. The Bertz CT molecular complexity index is 930. The summed E-state index contributed by atoms with van der Waals surface area (Å²) >= 11 is 0. The summed E-state index contributed by atoms with van der Waals surface area (Å²) in [4.78, 5) is 16.8. The number of carbonyl (C=O) groups excluding carboxylic acids is 1. The number of nitrogens with zero attached hydrogens (tertiary/aromatic N) is 4. The first kappa shape index (κ1) is 15.7. The molecule has 1 saturated carbocycles. The van der Waals surface area contributed by atoms with E-state index in [1.54, 1.807) is 10.9 Å². The molecule has 0 spiro atoms. The molecule has 3 aromatic rings. The molecule has 2 heterocycles. The molecular formula is C18H20N6O. The molecule has 7 nitrogen and oxygen atoms in total. The van der Waals surface area contributed by atoms with Crippen molar-refractivity contribution in [1.29, 1.82) is 0 Å². The summed E-state index contributed by atoms with van der Waals surface area (Å²) in [5.74, 6) is 0.283. The molecule has 1 atom stereocenters. The van der Waals surface area contributed by atoms with Crippen molar-refractivity contribution in [2.45, 2.75) is 25.8 Å². The van der Waals surface area contributed by atoms with Gasteiger partial charge in [0, 0.05) is 24.2 Å². The molecule has 1 fully saturated rings. The van der Waals surface area contributed by atoms with Crippen molar-refractivity contribution in [2.24, 2.45) is 11.7 Å². The first-order valence-electron chi connectivity index (χ1n) is 8.46. The van der Waals surface area contributed by atoms with Gasteiger partial charge < -0.3 is 11.1 Å². The van der Waals surface area contributed by atoms with E-state index in [1.165, 1.54) is 0 Å². The number of fused-ring (bicyclic) bond motifs is 1. The van der Waals surface area contributed by atoms with Crippen LogP contribution in [0.15, 0.2) is 36.5 Å². The molecule has 128 valence electrons. The molecule has 0 bridgehead atoms. The van der Waals surface area contributed by atoms with Crippen molar-refractivity contribution in [2.75, 3.05) is 6.54 Å². The SMILES string of the molecule is Cc1c(C(=O)NC(CN)C2CC2)nnn1-c1ccc2ncccc2c1. The number of hydrogen-bond acceptors (Lipinski definition) is 5. The third kappa shape index (κ3) is 2.98. The van der Waals surface area contributed by atoms with Crippen molar-refractivity contribution in [3.8, 4) is 5.69 Å². The fraction of sp³-hybridized carbons (Fsp3) is 0.333. The summed E-state index contributed by atoms with van der Waals surface area (Å²) in [5, 5.41) is 12.2. The Kier molecular flexibility index (Phi) is 3.93. The minimum Gasteiger partial charge on any atom is -0.346 e. The number of aromatic nitrogens is 4. The molecule has 1 aliphatic rings. The number of hydrogen-bond donors (Lipinski definition) is 2. The van der Waals surface area contributed by atoms with Crippen LogP contribution >= 0.6 is 0 Å². The van der Waals surface area contributed by atoms with Gasteiger partial charge >= 0.3 is 0 Å². The highest BCUT2D eigenvalue weighted by Gasteiger charge is 2.32. The lowest BCUT2D eigenvalue weighted by Gasteiger charge is -2.15. The standard InChI is InChI=1S/C18H20N6O/c1-11-17(18(25)21-16(10-19)12-4-5-12)22-23-24(11)14-6-7-15-13(9-14)3-2-8-20-15/h2-3,6-9,12,16H,4-5,10,19H2,1H3,(H,21,25). The maximum Gasteiger partial charge on any atom is 0.274 e. The number of carbonyl (C=O) groups is 1. The number of nitrogens with two attached hydrogens (primary N) is 1. The maximum atomic E-state index is 12.5. The highest BCUT2D eigenvalue weighted by molar-refractivity contribution is 5.93. The average Bonchev–Trinajstić information content (AvgIpc) is 3.41. The van der Waals surface area contributed by atoms with Gasteiger partial charge in [-0.2, -0.15) is 0 Å². The van der Waals surface area contributed by atoms with Crippen LogP contribution in [0.25, 0.3) is 16.6 Å². The van der Waals surface area contributed by atoms with Crippen LogP contribution in [-0.4, -0.2) is 38.5 Å². The predicted octanol–water partition coefficient (Wildman–Crippen LogP) is 1.59. The van der Waals surface area contributed by atoms with Gasteiger partial charge in [-0.05, 0) is 49.9 Å². The number of pyridine rings is 1. The maximum absolute atomic E-state index is 12.5. The molecule has 1 unspecified atom stereocenters. The minimum absolute atomic E-state index is 0.0174. The number of rotatable bonds is 5. The van der Waals surface area contributed by atoms with Crippen LogP contribution in [0, 0.1) is 12.8 Å². The topological polar surface area (TPSA) is 98.7 Å². The second kappa shape index (κ2) is 6.25. The number of benzene rings is 1. The summed E-state index contributed by atoms with van der Waals surface area (Å²) < 4.78 is 1.68. The zero-order chi connectivity index (χ0) is 17.4. The van der Waals surface area contributed by atoms with Crippen molar-refractivity contribution in [3.63, 3.8) is 0 Å². The second-order valence-electron chi connectivity index (χ2n) is 6.47. The molecule has 7 heteroatoms. The van der Waals surface area contributed by atoms with Gasteiger partial charge in [-0.1, -0.05) is 11.3 Å². The number of nitrogens with one attached hydrogen (secondary N) is 1. The van der Waals surface area contributed by atoms with E-state index in [4.69, 9.17) is 5.73 Å². The Morgan fingerprint density at radius 2 is 2.24 bits per heavy atom. The van der Waals surface area contributed by atoms with Crippen molar-refractivity contribution >= 4 is 16.8 Å². The molecule has 0 aliphatic heterocycles. The van der Waals surface area contributed by atoms with E-state index in [0.29, 0.717) is 23.9 Å². The normalized spacial score (nSPS) is 15.3. The molecule has 1 amide bonds. The van der Waals surface area contributed by atoms with Gasteiger partial charge in [0.25, 0.3) is 5.91 Å². The van der Waals surface area contributed by atoms with Crippen LogP contribution in [-0.2, 0) is 0 Å². The van der Waals surface area contributed by atoms with Gasteiger partial charge in [-0.25, -0.2) is 4.68 Å². The van der Waals surface area contributed by atoms with Crippen LogP contribution in [0.1, 0.15) is 29.0 Å². The number of amides is 1. The smallest absolute Gasteiger partial charge is 0.274 e. The van der Waals surface area contributed by atoms with Crippen molar-refractivity contribution < 1.29 is 4.79 Å². The fourth-order valence-corrected chi connectivity index (χ4v) is 3.08. The second-order valence-corrected chi connectivity index (χ2v) is 6.47. The Labute approximate surface area is 145 Å². The first-order valence-corrected chi connectivity index (χ1v) is 8.46. The van der Waals surface area contributed by atoms with Gasteiger partial charge in [-0.3, -0.25) is 9.78 Å². The van der Waals surface area contributed by atoms with E-state index < -0.39 is 0 Å². The first-order chi connectivity index (χ1) is 12.2. The van der Waals surface area contributed by atoms with Gasteiger partial charge in [0.2, 0.25) is 0 Å². The van der Waals surface area contributed by atoms with Crippen molar-refractivity contribution in [1.82, 2.24) is 25.3 Å². The predicted molar refractivity (Wildman–Crippen MR) is 94.4 cm³/mol.